The lowest BCUT2D eigenvalue weighted by atomic mass is 10.0. The summed E-state index contributed by atoms with van der Waals surface area (Å²) in [6, 6.07) is 16.3. The first-order valence-electron chi connectivity index (χ1n) is 5.89. The van der Waals surface area contributed by atoms with Crippen molar-refractivity contribution in [3.63, 3.8) is 0 Å². The number of halogens is 1. The van der Waals surface area contributed by atoms with E-state index < -0.39 is 0 Å². The van der Waals surface area contributed by atoms with E-state index in [0.717, 1.165) is 11.1 Å². The predicted octanol–water partition coefficient (Wildman–Crippen LogP) is 3.75. The van der Waals surface area contributed by atoms with Gasteiger partial charge in [-0.2, -0.15) is 0 Å². The fraction of sp³-hybridized carbons (Fsp3) is 0. The molecule has 0 aliphatic carbocycles. The van der Waals surface area contributed by atoms with Crippen LogP contribution in [0.3, 0.4) is 0 Å². The smallest absolute Gasteiger partial charge is 0.198 e. The Kier molecular flexibility index (Phi) is 3.02. The number of benzene rings is 2. The van der Waals surface area contributed by atoms with E-state index in [-0.39, 0.29) is 5.82 Å². The van der Waals surface area contributed by atoms with Crippen molar-refractivity contribution < 1.29 is 4.39 Å². The highest BCUT2D eigenvalue weighted by molar-refractivity contribution is 5.80. The van der Waals surface area contributed by atoms with Gasteiger partial charge in [0.05, 0.1) is 5.69 Å². The van der Waals surface area contributed by atoms with Crippen molar-refractivity contribution in [1.82, 2.24) is 9.97 Å². The van der Waals surface area contributed by atoms with E-state index in [4.69, 9.17) is 0 Å². The van der Waals surface area contributed by atoms with Gasteiger partial charge in [-0.15, -0.1) is 0 Å². The van der Waals surface area contributed by atoms with Gasteiger partial charge >= 0.3 is 0 Å². The minimum absolute atomic E-state index is 0.299. The summed E-state index contributed by atoms with van der Waals surface area (Å²) in [6.07, 6.45) is 4.19. The van der Waals surface area contributed by atoms with Gasteiger partial charge < -0.3 is 0 Å². The summed E-state index contributed by atoms with van der Waals surface area (Å²) in [5.74, 6) is -0.299. The molecule has 0 spiro atoms. The second-order valence-electron chi connectivity index (χ2n) is 4.08. The van der Waals surface area contributed by atoms with Gasteiger partial charge in [0.25, 0.3) is 0 Å². The molecular formula is C16H10FN2. The molecule has 0 aliphatic heterocycles. The minimum atomic E-state index is -0.299. The Labute approximate surface area is 110 Å². The van der Waals surface area contributed by atoms with Crippen LogP contribution in [0.2, 0.25) is 0 Å². The van der Waals surface area contributed by atoms with Gasteiger partial charge in [-0.05, 0) is 17.7 Å². The lowest BCUT2D eigenvalue weighted by Crippen LogP contribution is -1.93. The van der Waals surface area contributed by atoms with Crippen molar-refractivity contribution in [3.05, 3.63) is 72.9 Å². The predicted molar refractivity (Wildman–Crippen MR) is 71.7 cm³/mol. The van der Waals surface area contributed by atoms with Gasteiger partial charge in [-0.1, -0.05) is 42.5 Å². The van der Waals surface area contributed by atoms with E-state index in [1.807, 2.05) is 30.3 Å². The second kappa shape index (κ2) is 4.98. The summed E-state index contributed by atoms with van der Waals surface area (Å²) in [5, 5.41) is 0. The first kappa shape index (κ1) is 11.5. The molecule has 2 nitrogen and oxygen atoms in total. The summed E-state index contributed by atoms with van der Waals surface area (Å²) < 4.78 is 13.9. The van der Waals surface area contributed by atoms with Gasteiger partial charge in [0, 0.05) is 17.3 Å². The lowest BCUT2D eigenvalue weighted by molar-refractivity contribution is 0.630. The zero-order valence-electron chi connectivity index (χ0n) is 10.0. The van der Waals surface area contributed by atoms with Crippen molar-refractivity contribution >= 4 is 0 Å². The van der Waals surface area contributed by atoms with Gasteiger partial charge in [0.2, 0.25) is 0 Å². The van der Waals surface area contributed by atoms with Crippen molar-refractivity contribution in [2.45, 2.75) is 0 Å². The fourth-order valence-corrected chi connectivity index (χ4v) is 1.98. The van der Waals surface area contributed by atoms with Crippen molar-refractivity contribution in [2.75, 3.05) is 0 Å². The van der Waals surface area contributed by atoms with E-state index in [1.165, 1.54) is 6.07 Å². The molecule has 0 amide bonds. The Bertz CT molecular complexity index is 696. The Balaban J connectivity index is 2.21. The van der Waals surface area contributed by atoms with Crippen LogP contribution in [0.4, 0.5) is 4.39 Å². The maximum absolute atomic E-state index is 13.9. The fourth-order valence-electron chi connectivity index (χ4n) is 1.98. The third kappa shape index (κ3) is 2.22. The van der Waals surface area contributed by atoms with E-state index in [0.29, 0.717) is 11.3 Å². The number of aromatic nitrogens is 2. The van der Waals surface area contributed by atoms with Crippen LogP contribution in [-0.4, -0.2) is 9.97 Å². The van der Waals surface area contributed by atoms with Crippen LogP contribution in [0.1, 0.15) is 0 Å². The molecular weight excluding hydrogens is 239 g/mol. The molecule has 19 heavy (non-hydrogen) atoms. The Morgan fingerprint density at radius 3 is 2.37 bits per heavy atom. The molecule has 0 saturated heterocycles. The minimum Gasteiger partial charge on any atom is -0.233 e. The molecule has 91 valence electrons. The summed E-state index contributed by atoms with van der Waals surface area (Å²) in [6.45, 7) is 0. The number of rotatable bonds is 2. The first-order valence-corrected chi connectivity index (χ1v) is 5.89. The highest BCUT2D eigenvalue weighted by Gasteiger charge is 2.12. The van der Waals surface area contributed by atoms with Crippen LogP contribution in [-0.2, 0) is 0 Å². The van der Waals surface area contributed by atoms with Crippen LogP contribution in [0, 0.1) is 12.1 Å². The third-order valence-electron chi connectivity index (χ3n) is 2.88. The molecule has 0 fully saturated rings. The van der Waals surface area contributed by atoms with E-state index in [2.05, 4.69) is 16.3 Å². The van der Waals surface area contributed by atoms with Gasteiger partial charge in [-0.25, -0.2) is 14.4 Å². The molecule has 0 atom stereocenters. The van der Waals surface area contributed by atoms with Crippen LogP contribution >= 0.6 is 0 Å². The third-order valence-corrected chi connectivity index (χ3v) is 2.88. The van der Waals surface area contributed by atoms with Crippen LogP contribution in [0.5, 0.6) is 0 Å². The highest BCUT2D eigenvalue weighted by atomic mass is 19.1. The topological polar surface area (TPSA) is 25.8 Å². The Morgan fingerprint density at radius 1 is 0.842 bits per heavy atom. The molecule has 0 bridgehead atoms. The number of hydrogen-bond donors (Lipinski definition) is 0. The normalized spacial score (nSPS) is 10.4. The molecule has 3 aromatic rings. The molecule has 1 aromatic heterocycles. The SMILES string of the molecule is Fc1ccccc1-c1n[c]ncc1-c1ccccc1. The van der Waals surface area contributed by atoms with Gasteiger partial charge in [0.15, 0.2) is 6.33 Å². The molecule has 0 saturated carbocycles. The van der Waals surface area contributed by atoms with E-state index in [1.54, 1.807) is 24.4 Å². The molecule has 1 heterocycles. The molecule has 3 rings (SSSR count). The van der Waals surface area contributed by atoms with Crippen molar-refractivity contribution in [2.24, 2.45) is 0 Å². The molecule has 0 aliphatic rings. The van der Waals surface area contributed by atoms with Crippen molar-refractivity contribution in [1.29, 1.82) is 0 Å². The second-order valence-corrected chi connectivity index (χ2v) is 4.08. The van der Waals surface area contributed by atoms with E-state index in [9.17, 15) is 4.39 Å². The standard InChI is InChI=1S/C16H10FN2/c17-15-9-5-4-8-13(15)16-14(10-18-11-19-16)12-6-2-1-3-7-12/h1-10H. The van der Waals surface area contributed by atoms with Crippen LogP contribution < -0.4 is 0 Å². The van der Waals surface area contributed by atoms with E-state index >= 15 is 0 Å². The summed E-state index contributed by atoms with van der Waals surface area (Å²) in [7, 11) is 0. The first-order chi connectivity index (χ1) is 9.36. The zero-order valence-corrected chi connectivity index (χ0v) is 10.0. The summed E-state index contributed by atoms with van der Waals surface area (Å²) in [4.78, 5) is 8.03. The maximum Gasteiger partial charge on any atom is 0.198 e. The average molecular weight is 249 g/mol. The van der Waals surface area contributed by atoms with Crippen LogP contribution in [0.25, 0.3) is 22.4 Å². The van der Waals surface area contributed by atoms with Crippen LogP contribution in [0.15, 0.2) is 60.8 Å². The Hall–Kier alpha value is -2.55. The van der Waals surface area contributed by atoms with Gasteiger partial charge in [-0.3, -0.25) is 0 Å². The van der Waals surface area contributed by atoms with Gasteiger partial charge in [0.1, 0.15) is 5.82 Å². The maximum atomic E-state index is 13.9. The van der Waals surface area contributed by atoms with Crippen molar-refractivity contribution in [3.8, 4) is 22.4 Å². The molecule has 2 aromatic carbocycles. The summed E-state index contributed by atoms with van der Waals surface area (Å²) in [5.41, 5.74) is 2.76. The molecule has 0 unspecified atom stereocenters. The number of nitrogens with zero attached hydrogens (tertiary/aromatic N) is 2. The monoisotopic (exact) mass is 249 g/mol. The highest BCUT2D eigenvalue weighted by Crippen LogP contribution is 2.30. The molecule has 1 radical (unpaired) electrons. The average Bonchev–Trinajstić information content (AvgIpc) is 2.49. The number of hydrogen-bond acceptors (Lipinski definition) is 2. The molecule has 3 heteroatoms. The lowest BCUT2D eigenvalue weighted by Gasteiger charge is -2.08. The summed E-state index contributed by atoms with van der Waals surface area (Å²) >= 11 is 0. The molecule has 0 N–H and O–H groups in total. The Morgan fingerprint density at radius 2 is 1.58 bits per heavy atom. The quantitative estimate of drug-likeness (QED) is 0.691. The zero-order chi connectivity index (χ0) is 13.1. The largest absolute Gasteiger partial charge is 0.233 e.